The normalized spacial score (nSPS) is 12.9. The lowest BCUT2D eigenvalue weighted by Crippen LogP contribution is -2.09. The lowest BCUT2D eigenvalue weighted by molar-refractivity contribution is 0.335. The van der Waals surface area contributed by atoms with Gasteiger partial charge in [-0.2, -0.15) is 15.3 Å². The number of rotatable bonds is 21. The number of methoxy groups -OCH3 is 3. The molecule has 3 aromatic carbocycles. The fourth-order valence-corrected chi connectivity index (χ4v) is 7.69. The van der Waals surface area contributed by atoms with Gasteiger partial charge in [-0.15, -0.1) is 0 Å². The minimum Gasteiger partial charge on any atom is -0.493 e. The highest BCUT2D eigenvalue weighted by atomic mass is 35.9. The lowest BCUT2D eigenvalue weighted by Gasteiger charge is -2.25. The first-order chi connectivity index (χ1) is 27.6. The molecule has 0 N–H and O–H groups in total. The zero-order valence-electron chi connectivity index (χ0n) is 31.7. The van der Waals surface area contributed by atoms with Crippen LogP contribution in [-0.4, -0.2) is 75.5 Å². The maximum absolute atomic E-state index is 6.42. The molecule has 3 aromatic rings. The average Bonchev–Trinajstić information content (AvgIpc) is 3.16. The SMILES string of the molecule is COc1cc(/C=C/C=N/N(C)P(=S)(Cl)Cl)ccc1OP(=S)(Oc1ccc(/C=C/C=N/N(C)P(=S)(Cl)Cl)cc1OC)Oc1ccc(/C=C/C=N/N(C)P(=S)(Cl)Cl)cc1OC. The Morgan fingerprint density at radius 1 is 0.458 bits per heavy atom. The second kappa shape index (κ2) is 23.8. The molecule has 0 aromatic heterocycles. The number of nitrogens with zero attached hydrogens (tertiary/aromatic N) is 6. The van der Waals surface area contributed by atoms with E-state index < -0.39 is 21.4 Å². The molecule has 0 aliphatic carbocycles. The molecule has 0 fully saturated rings. The molecule has 0 radical (unpaired) electrons. The Labute approximate surface area is 393 Å². The Bertz CT molecular complexity index is 2080. The van der Waals surface area contributed by atoms with Crippen molar-refractivity contribution in [2.24, 2.45) is 15.3 Å². The summed E-state index contributed by atoms with van der Waals surface area (Å²) in [4.78, 5) is -8.23. The van der Waals surface area contributed by atoms with Crippen molar-refractivity contribution in [2.45, 2.75) is 0 Å². The van der Waals surface area contributed by atoms with E-state index >= 15 is 0 Å². The maximum Gasteiger partial charge on any atom is 0.490 e. The molecule has 0 heterocycles. The first-order valence-electron chi connectivity index (χ1n) is 16.1. The van der Waals surface area contributed by atoms with Gasteiger partial charge < -0.3 is 27.8 Å². The van der Waals surface area contributed by atoms with Crippen LogP contribution in [0.15, 0.2) is 88.1 Å². The van der Waals surface area contributed by atoms with Gasteiger partial charge >= 0.3 is 6.72 Å². The van der Waals surface area contributed by atoms with E-state index in [4.69, 9.17) is 142 Å². The standard InChI is InChI=1S/C33H36Cl6N6O6P4S4/c1-43(52(34,35)56)40-19-7-10-25-13-16-28(31(22-25)46-4)49-55(59,50-29-17-14-26(23-32(29)47-5)11-8-20-41-44(2)53(36,37)57)51-30-18-15-27(24-33(30)48-6)12-9-21-42-45(3)54(38,39)58/h7-24H,1-6H3/b10-7+,11-8+,12-9+,40-19+,41-20+,42-21+. The Morgan fingerprint density at radius 3 is 0.932 bits per heavy atom. The Kier molecular flexibility index (Phi) is 20.8. The third-order valence-corrected chi connectivity index (χ3v) is 17.4. The van der Waals surface area contributed by atoms with Crippen molar-refractivity contribution < 1.29 is 27.8 Å². The van der Waals surface area contributed by atoms with Crippen LogP contribution in [0.3, 0.4) is 0 Å². The van der Waals surface area contributed by atoms with E-state index in [1.54, 1.807) is 112 Å². The molecule has 320 valence electrons. The summed E-state index contributed by atoms with van der Waals surface area (Å²) in [6, 6.07) is 15.5. The monoisotopic (exact) mass is 1070 g/mol. The van der Waals surface area contributed by atoms with E-state index in [-0.39, 0.29) is 17.2 Å². The molecule has 0 bridgehead atoms. The van der Waals surface area contributed by atoms with Crippen LogP contribution in [-0.2, 0) is 47.2 Å². The highest BCUT2D eigenvalue weighted by molar-refractivity contribution is 8.38. The second-order valence-corrected chi connectivity index (χ2v) is 37.0. The van der Waals surface area contributed by atoms with Crippen LogP contribution in [0.4, 0.5) is 0 Å². The molecule has 0 aliphatic heterocycles. The van der Waals surface area contributed by atoms with Crippen molar-refractivity contribution in [3.63, 3.8) is 0 Å². The molecule has 59 heavy (non-hydrogen) atoms. The van der Waals surface area contributed by atoms with Gasteiger partial charge in [-0.3, -0.25) is 0 Å². The molecule has 26 heteroatoms. The topological polar surface area (TPSA) is 102 Å². The van der Waals surface area contributed by atoms with Crippen LogP contribution in [0.25, 0.3) is 18.2 Å². The summed E-state index contributed by atoms with van der Waals surface area (Å²) < 4.78 is 40.3. The van der Waals surface area contributed by atoms with Gasteiger partial charge in [0.1, 0.15) is 0 Å². The largest absolute Gasteiger partial charge is 0.493 e. The summed E-state index contributed by atoms with van der Waals surface area (Å²) in [6.07, 6.45) is 14.9. The number of hydrazone groups is 3. The number of allylic oxidation sites excluding steroid dienone is 3. The van der Waals surface area contributed by atoms with E-state index in [0.717, 1.165) is 16.7 Å². The first kappa shape index (κ1) is 51.8. The lowest BCUT2D eigenvalue weighted by atomic mass is 10.2. The summed E-state index contributed by atoms with van der Waals surface area (Å²) in [6.45, 7) is -3.85. The fraction of sp³-hybridized carbons (Fsp3) is 0.182. The second-order valence-electron chi connectivity index (χ2n) is 11.1. The number of ether oxygens (including phenoxy) is 3. The van der Waals surface area contributed by atoms with Gasteiger partial charge in [-0.1, -0.05) is 36.4 Å². The van der Waals surface area contributed by atoms with Crippen LogP contribution in [0.1, 0.15) is 16.7 Å². The molecule has 0 aliphatic rings. The summed E-state index contributed by atoms with van der Waals surface area (Å²) in [5, 5.41) is 12.4. The minimum absolute atomic E-state index is 0.232. The third-order valence-electron chi connectivity index (χ3n) is 7.03. The van der Waals surface area contributed by atoms with Crippen LogP contribution >= 0.6 is 88.8 Å². The quantitative estimate of drug-likeness (QED) is 0.0575. The summed E-state index contributed by atoms with van der Waals surface area (Å²) in [5.41, 5.74) is 2.22. The van der Waals surface area contributed by atoms with Gasteiger partial charge in [0, 0.05) is 51.6 Å². The van der Waals surface area contributed by atoms with Crippen molar-refractivity contribution in [3.8, 4) is 34.5 Å². The Morgan fingerprint density at radius 2 is 0.712 bits per heavy atom. The van der Waals surface area contributed by atoms with E-state index in [1.807, 2.05) is 0 Å². The zero-order valence-corrected chi connectivity index (χ0v) is 43.1. The van der Waals surface area contributed by atoms with Crippen molar-refractivity contribution in [3.05, 3.63) is 89.5 Å². The molecule has 3 rings (SSSR count). The Balaban J connectivity index is 2.02. The molecule has 12 nitrogen and oxygen atoms in total. The third kappa shape index (κ3) is 17.6. The summed E-state index contributed by atoms with van der Waals surface area (Å²) in [7, 11) is 9.26. The number of halogens is 6. The van der Waals surface area contributed by atoms with Crippen molar-refractivity contribution >= 4 is 173 Å². The predicted octanol–water partition coefficient (Wildman–Crippen LogP) is 13.4. The fourth-order valence-electron chi connectivity index (χ4n) is 4.05. The smallest absolute Gasteiger partial charge is 0.490 e. The molecular weight excluding hydrogens is 1040 g/mol. The molecular formula is C33H36Cl6N6O6P4S4. The van der Waals surface area contributed by atoms with Gasteiger partial charge in [-0.25, -0.2) is 14.3 Å². The highest BCUT2D eigenvalue weighted by Crippen LogP contribution is 2.61. The molecule has 0 spiro atoms. The van der Waals surface area contributed by atoms with Crippen LogP contribution in [0, 0.1) is 0 Å². The van der Waals surface area contributed by atoms with Gasteiger partial charge in [0.2, 0.25) is 14.7 Å². The minimum atomic E-state index is -3.85. The summed E-state index contributed by atoms with van der Waals surface area (Å²) in [5.74, 6) is 1.69. The van der Waals surface area contributed by atoms with Gasteiger partial charge in [0.15, 0.2) is 34.5 Å². The van der Waals surface area contributed by atoms with Crippen LogP contribution in [0.5, 0.6) is 34.5 Å². The van der Waals surface area contributed by atoms with Gasteiger partial charge in [0.25, 0.3) is 0 Å². The van der Waals surface area contributed by atoms with Crippen molar-refractivity contribution in [1.29, 1.82) is 0 Å². The number of benzene rings is 3. The van der Waals surface area contributed by atoms with E-state index in [9.17, 15) is 0 Å². The molecule has 0 saturated carbocycles. The van der Waals surface area contributed by atoms with Crippen molar-refractivity contribution in [1.82, 2.24) is 14.3 Å². The van der Waals surface area contributed by atoms with E-state index in [1.165, 1.54) is 54.3 Å². The van der Waals surface area contributed by atoms with Gasteiger partial charge in [0.05, 0.1) is 21.3 Å². The van der Waals surface area contributed by atoms with E-state index in [2.05, 4.69) is 15.3 Å². The van der Waals surface area contributed by atoms with Gasteiger partial charge in [-0.05, 0) is 174 Å². The number of hydrogen-bond donors (Lipinski definition) is 0. The molecule has 0 atom stereocenters. The average molecular weight is 1080 g/mol. The van der Waals surface area contributed by atoms with E-state index in [0.29, 0.717) is 17.2 Å². The van der Waals surface area contributed by atoms with Crippen LogP contribution in [0.2, 0.25) is 0 Å². The number of hydrogen-bond acceptors (Lipinski definition) is 13. The maximum atomic E-state index is 6.42. The predicted molar refractivity (Wildman–Crippen MR) is 269 cm³/mol. The first-order valence-corrected chi connectivity index (χ1v) is 32.4. The zero-order chi connectivity index (χ0) is 44.0. The molecule has 0 unspecified atom stereocenters. The molecule has 0 saturated heterocycles. The van der Waals surface area contributed by atoms with Crippen molar-refractivity contribution in [2.75, 3.05) is 42.5 Å². The summed E-state index contributed by atoms with van der Waals surface area (Å²) >= 11 is 57.3. The highest BCUT2D eigenvalue weighted by Gasteiger charge is 2.31. The van der Waals surface area contributed by atoms with Crippen LogP contribution < -0.4 is 27.8 Å². The Hall–Kier alpha value is -1.57. The molecule has 0 amide bonds.